The topological polar surface area (TPSA) is 130 Å². The number of hydrogen-bond donors (Lipinski definition) is 1. The van der Waals surface area contributed by atoms with Crippen molar-refractivity contribution in [3.8, 4) is 0 Å². The zero-order valence-electron chi connectivity index (χ0n) is 28.1. The van der Waals surface area contributed by atoms with Gasteiger partial charge >= 0.3 is 11.9 Å². The molecule has 0 bridgehead atoms. The fourth-order valence-electron chi connectivity index (χ4n) is 5.65. The first-order valence-corrected chi connectivity index (χ1v) is 16.5. The first-order valence-electron chi connectivity index (χ1n) is 16.1. The smallest absolute Gasteiger partial charge is 0.341 e. The molecule has 2 saturated carbocycles. The Balaban J connectivity index is 0.000000212. The fraction of sp³-hybridized carbons (Fsp3) is 0.405. The minimum atomic E-state index is -0.436. The zero-order valence-corrected chi connectivity index (χ0v) is 29.7. The summed E-state index contributed by atoms with van der Waals surface area (Å²) in [5.41, 5.74) is 12.4. The number of ether oxygens (including phenoxy) is 2. The van der Waals surface area contributed by atoms with Gasteiger partial charge in [0.05, 0.1) is 24.3 Å². The maximum Gasteiger partial charge on any atom is 0.341 e. The fourth-order valence-corrected chi connectivity index (χ4v) is 5.75. The molecule has 0 radical (unpaired) electrons. The second kappa shape index (κ2) is 18.0. The third kappa shape index (κ3) is 10.3. The quantitative estimate of drug-likeness (QED) is 0.146. The highest BCUT2D eigenvalue weighted by Gasteiger charge is 2.39. The highest BCUT2D eigenvalue weighted by atomic mass is 35.5. The van der Waals surface area contributed by atoms with Crippen molar-refractivity contribution in [2.24, 2.45) is 5.73 Å². The van der Waals surface area contributed by atoms with Crippen molar-refractivity contribution in [2.75, 3.05) is 13.2 Å². The van der Waals surface area contributed by atoms with E-state index in [0.717, 1.165) is 25.1 Å². The summed E-state index contributed by atoms with van der Waals surface area (Å²) in [7, 11) is 0. The lowest BCUT2D eigenvalue weighted by Gasteiger charge is -2.42. The van der Waals surface area contributed by atoms with E-state index in [1.54, 1.807) is 26.2 Å². The molecule has 0 saturated heterocycles. The Labute approximate surface area is 294 Å². The van der Waals surface area contributed by atoms with E-state index in [4.69, 9.17) is 26.8 Å². The molecule has 2 aliphatic carbocycles. The van der Waals surface area contributed by atoms with Gasteiger partial charge in [-0.2, -0.15) is 0 Å². The third-order valence-corrected chi connectivity index (χ3v) is 8.82. The number of aromatic nitrogens is 4. The highest BCUT2D eigenvalue weighted by Crippen LogP contribution is 2.46. The molecule has 2 aromatic carbocycles. The molecule has 4 aromatic rings. The summed E-state index contributed by atoms with van der Waals surface area (Å²) in [6.07, 6.45) is 13.8. The molecule has 0 amide bonds. The number of carbonyl (C=O) groups is 2. The second-order valence-electron chi connectivity index (χ2n) is 12.1. The van der Waals surface area contributed by atoms with Gasteiger partial charge in [0.15, 0.2) is 0 Å². The van der Waals surface area contributed by atoms with Gasteiger partial charge in [-0.25, -0.2) is 29.5 Å². The van der Waals surface area contributed by atoms with Crippen molar-refractivity contribution in [2.45, 2.75) is 83.6 Å². The van der Waals surface area contributed by atoms with Crippen LogP contribution in [0.2, 0.25) is 5.28 Å². The van der Waals surface area contributed by atoms with E-state index < -0.39 is 5.97 Å². The average molecular weight is 695 g/mol. The van der Waals surface area contributed by atoms with Gasteiger partial charge in [-0.05, 0) is 82.5 Å². The largest absolute Gasteiger partial charge is 0.462 e. The summed E-state index contributed by atoms with van der Waals surface area (Å²) in [5.74, 6) is -0.00971. The Kier molecular flexibility index (Phi) is 14.5. The van der Waals surface area contributed by atoms with E-state index in [-0.39, 0.29) is 34.6 Å². The maximum absolute atomic E-state index is 11.7. The van der Waals surface area contributed by atoms with Gasteiger partial charge in [0, 0.05) is 42.2 Å². The molecule has 256 valence electrons. The second-order valence-corrected chi connectivity index (χ2v) is 12.5. The van der Waals surface area contributed by atoms with Gasteiger partial charge in [-0.15, -0.1) is 12.4 Å². The van der Waals surface area contributed by atoms with Crippen LogP contribution in [0.5, 0.6) is 0 Å². The molecule has 2 aliphatic rings. The third-order valence-electron chi connectivity index (χ3n) is 8.62. The predicted octanol–water partition coefficient (Wildman–Crippen LogP) is 7.69. The predicted molar refractivity (Wildman–Crippen MR) is 190 cm³/mol. The van der Waals surface area contributed by atoms with E-state index in [1.807, 2.05) is 0 Å². The van der Waals surface area contributed by atoms with E-state index >= 15 is 0 Å². The van der Waals surface area contributed by atoms with Crippen LogP contribution in [0, 0.1) is 13.8 Å². The SMILES string of the molecule is CCOC(=O)c1cnc(CC2(c3cccc(C)c3)CCC2)nc1.CCOC(=O)c1cnc(Cl)nc1.Cc1cccc(C2(N)CCC2)c1.Cl. The summed E-state index contributed by atoms with van der Waals surface area (Å²) in [6, 6.07) is 17.3. The first kappa shape index (κ1) is 38.5. The number of aryl methyl sites for hydroxylation is 2. The summed E-state index contributed by atoms with van der Waals surface area (Å²) < 4.78 is 9.67. The summed E-state index contributed by atoms with van der Waals surface area (Å²) in [6.45, 7) is 8.45. The zero-order chi connectivity index (χ0) is 33.9. The lowest BCUT2D eigenvalue weighted by molar-refractivity contribution is 0.0515. The summed E-state index contributed by atoms with van der Waals surface area (Å²) >= 11 is 5.42. The van der Waals surface area contributed by atoms with Crippen LogP contribution in [0.15, 0.2) is 73.3 Å². The molecule has 0 spiro atoms. The molecule has 48 heavy (non-hydrogen) atoms. The van der Waals surface area contributed by atoms with Crippen LogP contribution in [0.1, 0.15) is 101 Å². The minimum absolute atomic E-state index is 0. The van der Waals surface area contributed by atoms with Crippen molar-refractivity contribution in [1.29, 1.82) is 0 Å². The molecule has 0 aliphatic heterocycles. The van der Waals surface area contributed by atoms with E-state index in [1.165, 1.54) is 60.3 Å². The van der Waals surface area contributed by atoms with Gasteiger partial charge in [0.1, 0.15) is 5.82 Å². The van der Waals surface area contributed by atoms with Crippen molar-refractivity contribution < 1.29 is 19.1 Å². The average Bonchev–Trinajstić information content (AvgIpc) is 3.03. The summed E-state index contributed by atoms with van der Waals surface area (Å²) in [4.78, 5) is 38.7. The van der Waals surface area contributed by atoms with Crippen LogP contribution >= 0.6 is 24.0 Å². The van der Waals surface area contributed by atoms with Crippen LogP contribution in [-0.4, -0.2) is 45.1 Å². The number of nitrogens with zero attached hydrogens (tertiary/aromatic N) is 4. The number of benzene rings is 2. The molecule has 2 fully saturated rings. The van der Waals surface area contributed by atoms with Gasteiger partial charge < -0.3 is 15.2 Å². The lowest BCUT2D eigenvalue weighted by Crippen LogP contribution is -2.43. The van der Waals surface area contributed by atoms with Crippen LogP contribution in [-0.2, 0) is 26.8 Å². The Morgan fingerprint density at radius 2 is 1.21 bits per heavy atom. The normalized spacial score (nSPS) is 15.0. The van der Waals surface area contributed by atoms with Crippen molar-refractivity contribution in [3.05, 3.63) is 118 Å². The number of carbonyl (C=O) groups excluding carboxylic acids is 2. The number of rotatable bonds is 8. The van der Waals surface area contributed by atoms with Crippen LogP contribution in [0.4, 0.5) is 0 Å². The van der Waals surface area contributed by atoms with E-state index in [2.05, 4.69) is 82.3 Å². The highest BCUT2D eigenvalue weighted by molar-refractivity contribution is 6.28. The molecule has 9 nitrogen and oxygen atoms in total. The molecular weight excluding hydrogens is 649 g/mol. The van der Waals surface area contributed by atoms with Gasteiger partial charge in [-0.3, -0.25) is 0 Å². The molecule has 0 unspecified atom stereocenters. The number of nitrogens with two attached hydrogens (primary N) is 1. The Bertz CT molecular complexity index is 1630. The molecule has 11 heteroatoms. The Morgan fingerprint density at radius 3 is 1.62 bits per heavy atom. The summed E-state index contributed by atoms with van der Waals surface area (Å²) in [5, 5.41) is 0.114. The first-order chi connectivity index (χ1) is 22.6. The van der Waals surface area contributed by atoms with Gasteiger partial charge in [0.2, 0.25) is 5.28 Å². The van der Waals surface area contributed by atoms with Crippen LogP contribution in [0.25, 0.3) is 0 Å². The Morgan fingerprint density at radius 1 is 0.750 bits per heavy atom. The monoisotopic (exact) mass is 693 g/mol. The minimum Gasteiger partial charge on any atom is -0.462 e. The van der Waals surface area contributed by atoms with Gasteiger partial charge in [0.25, 0.3) is 0 Å². The van der Waals surface area contributed by atoms with E-state index in [9.17, 15) is 9.59 Å². The maximum atomic E-state index is 11.7. The molecule has 6 rings (SSSR count). The van der Waals surface area contributed by atoms with Crippen LogP contribution < -0.4 is 5.73 Å². The number of esters is 2. The number of halogens is 2. The molecule has 2 aromatic heterocycles. The van der Waals surface area contributed by atoms with Crippen molar-refractivity contribution in [3.63, 3.8) is 0 Å². The molecule has 2 N–H and O–H groups in total. The van der Waals surface area contributed by atoms with Gasteiger partial charge in [-0.1, -0.05) is 66.1 Å². The van der Waals surface area contributed by atoms with Crippen LogP contribution in [0.3, 0.4) is 0 Å². The standard InChI is InChI=1S/C19H22N2O2.C11H15N.C7H7ClN2O2.ClH/c1-3-23-18(22)15-12-20-17(21-13-15)11-19(8-5-9-19)16-7-4-6-14(2)10-16;1-9-4-2-5-10(8-9)11(12)6-3-7-11;1-2-12-6(11)5-3-9-7(8)10-4-5;/h4,6-7,10,12-13H,3,5,8-9,11H2,1-2H3;2,4-5,8H,3,6-7,12H2,1H3;3-4H,2H2,1H3;1H. The van der Waals surface area contributed by atoms with Crippen molar-refractivity contribution >= 4 is 35.9 Å². The molecular formula is C37H45Cl2N5O4. The molecule has 2 heterocycles. The number of hydrogen-bond acceptors (Lipinski definition) is 9. The van der Waals surface area contributed by atoms with Crippen molar-refractivity contribution in [1.82, 2.24) is 19.9 Å². The van der Waals surface area contributed by atoms with E-state index in [0.29, 0.717) is 24.3 Å². The Hall–Kier alpha value is -3.92. The molecule has 0 atom stereocenters. The lowest BCUT2D eigenvalue weighted by atomic mass is 9.62.